The van der Waals surface area contributed by atoms with Crippen molar-refractivity contribution in [1.82, 2.24) is 0 Å². The van der Waals surface area contributed by atoms with Gasteiger partial charge in [-0.15, -0.1) is 0 Å². The van der Waals surface area contributed by atoms with Crippen molar-refractivity contribution in [3.8, 4) is 5.75 Å². The van der Waals surface area contributed by atoms with E-state index in [2.05, 4.69) is 65.2 Å². The highest BCUT2D eigenvalue weighted by atomic mass is 16.7. The molecule has 2 unspecified atom stereocenters. The first-order valence-corrected chi connectivity index (χ1v) is 15.7. The van der Waals surface area contributed by atoms with Crippen molar-refractivity contribution in [2.75, 3.05) is 14.1 Å². The van der Waals surface area contributed by atoms with Crippen LogP contribution < -0.4 is 4.74 Å². The summed E-state index contributed by atoms with van der Waals surface area (Å²) in [6.07, 6.45) is 16.2. The van der Waals surface area contributed by atoms with Crippen LogP contribution in [0.2, 0.25) is 0 Å². The number of benzene rings is 2. The molecular weight excluding hydrogens is 482 g/mol. The Bertz CT molecular complexity index is 911. The Morgan fingerprint density at radius 3 is 1.97 bits per heavy atom. The molecule has 0 aliphatic carbocycles. The van der Waals surface area contributed by atoms with Gasteiger partial charge in [-0.3, -0.25) is 0 Å². The molecule has 4 heteroatoms. The van der Waals surface area contributed by atoms with Gasteiger partial charge in [-0.2, -0.15) is 0 Å². The SMILES string of the molecule is CCCCCCCCCCCCc1cccc(OC(CCC)OC(=O)C(CC)[N+](C)(C)Cc2ccccc2)c1. The first-order chi connectivity index (χ1) is 18.9. The van der Waals surface area contributed by atoms with E-state index < -0.39 is 6.29 Å². The maximum atomic E-state index is 13.4. The zero-order valence-electron chi connectivity index (χ0n) is 25.6. The van der Waals surface area contributed by atoms with Gasteiger partial charge in [-0.05, 0) is 37.0 Å². The van der Waals surface area contributed by atoms with E-state index in [4.69, 9.17) is 9.47 Å². The second-order valence-electron chi connectivity index (χ2n) is 11.7. The minimum atomic E-state index is -0.569. The lowest BCUT2D eigenvalue weighted by molar-refractivity contribution is -0.919. The number of esters is 1. The van der Waals surface area contributed by atoms with Crippen LogP contribution in [0.25, 0.3) is 0 Å². The van der Waals surface area contributed by atoms with Crippen LogP contribution in [0.5, 0.6) is 5.75 Å². The van der Waals surface area contributed by atoms with Crippen molar-refractivity contribution >= 4 is 5.97 Å². The van der Waals surface area contributed by atoms with Gasteiger partial charge in [0.15, 0.2) is 6.04 Å². The molecular formula is C35H56NO3+. The highest BCUT2D eigenvalue weighted by molar-refractivity contribution is 5.74. The van der Waals surface area contributed by atoms with E-state index >= 15 is 0 Å². The molecule has 0 saturated carbocycles. The molecule has 39 heavy (non-hydrogen) atoms. The summed E-state index contributed by atoms with van der Waals surface area (Å²) in [5.74, 6) is 0.607. The Morgan fingerprint density at radius 2 is 1.36 bits per heavy atom. The van der Waals surface area contributed by atoms with Crippen LogP contribution >= 0.6 is 0 Å². The number of unbranched alkanes of at least 4 members (excludes halogenated alkanes) is 9. The number of hydrogen-bond donors (Lipinski definition) is 0. The molecule has 0 saturated heterocycles. The van der Waals surface area contributed by atoms with Crippen molar-refractivity contribution in [3.63, 3.8) is 0 Å². The number of carbonyl (C=O) groups is 1. The summed E-state index contributed by atoms with van der Waals surface area (Å²) < 4.78 is 12.8. The lowest BCUT2D eigenvalue weighted by Crippen LogP contribution is -2.53. The summed E-state index contributed by atoms with van der Waals surface area (Å²) in [4.78, 5) is 13.4. The van der Waals surface area contributed by atoms with Crippen LogP contribution in [0.15, 0.2) is 54.6 Å². The fourth-order valence-corrected chi connectivity index (χ4v) is 5.44. The van der Waals surface area contributed by atoms with E-state index in [9.17, 15) is 4.79 Å². The predicted octanol–water partition coefficient (Wildman–Crippen LogP) is 9.25. The second-order valence-corrected chi connectivity index (χ2v) is 11.7. The van der Waals surface area contributed by atoms with Crippen LogP contribution in [-0.2, 0) is 22.5 Å². The minimum absolute atomic E-state index is 0.182. The average molecular weight is 539 g/mol. The van der Waals surface area contributed by atoms with Crippen molar-refractivity contribution in [3.05, 3.63) is 65.7 Å². The number of hydrogen-bond acceptors (Lipinski definition) is 3. The van der Waals surface area contributed by atoms with Gasteiger partial charge in [0.1, 0.15) is 12.3 Å². The number of ether oxygens (including phenoxy) is 2. The third-order valence-electron chi connectivity index (χ3n) is 7.69. The quantitative estimate of drug-likeness (QED) is 0.0687. The largest absolute Gasteiger partial charge is 0.455 e. The molecule has 0 bridgehead atoms. The number of rotatable bonds is 21. The average Bonchev–Trinajstić information content (AvgIpc) is 2.90. The van der Waals surface area contributed by atoms with Crippen molar-refractivity contribution in [2.45, 2.75) is 130 Å². The molecule has 218 valence electrons. The maximum absolute atomic E-state index is 13.4. The zero-order chi connectivity index (χ0) is 28.3. The maximum Gasteiger partial charge on any atom is 0.368 e. The summed E-state index contributed by atoms with van der Waals surface area (Å²) in [6.45, 7) is 7.20. The first-order valence-electron chi connectivity index (χ1n) is 15.7. The van der Waals surface area contributed by atoms with E-state index in [0.29, 0.717) is 17.3 Å². The predicted molar refractivity (Wildman–Crippen MR) is 164 cm³/mol. The van der Waals surface area contributed by atoms with Crippen molar-refractivity contribution in [1.29, 1.82) is 0 Å². The summed E-state index contributed by atoms with van der Waals surface area (Å²) >= 11 is 0. The first kappa shape index (κ1) is 32.9. The lowest BCUT2D eigenvalue weighted by Gasteiger charge is -2.36. The molecule has 2 atom stereocenters. The summed E-state index contributed by atoms with van der Waals surface area (Å²) in [5.41, 5.74) is 2.51. The Hall–Kier alpha value is -2.33. The third-order valence-corrected chi connectivity index (χ3v) is 7.69. The fraction of sp³-hybridized carbons (Fsp3) is 0.629. The van der Waals surface area contributed by atoms with E-state index in [1.54, 1.807) is 0 Å². The molecule has 0 spiro atoms. The molecule has 2 rings (SSSR count). The molecule has 0 amide bonds. The Morgan fingerprint density at radius 1 is 0.744 bits per heavy atom. The molecule has 0 heterocycles. The van der Waals surface area contributed by atoms with Gasteiger partial charge in [0.05, 0.1) is 14.1 Å². The lowest BCUT2D eigenvalue weighted by atomic mass is 10.0. The Balaban J connectivity index is 1.84. The monoisotopic (exact) mass is 538 g/mol. The Labute approximate surface area is 239 Å². The van der Waals surface area contributed by atoms with Gasteiger partial charge < -0.3 is 14.0 Å². The third kappa shape index (κ3) is 13.0. The van der Waals surface area contributed by atoms with E-state index in [1.807, 2.05) is 24.3 Å². The molecule has 2 aromatic rings. The van der Waals surface area contributed by atoms with Crippen LogP contribution in [0.3, 0.4) is 0 Å². The minimum Gasteiger partial charge on any atom is -0.455 e. The van der Waals surface area contributed by atoms with E-state index in [1.165, 1.54) is 75.3 Å². The molecule has 0 fully saturated rings. The van der Waals surface area contributed by atoms with Gasteiger partial charge in [0.2, 0.25) is 6.29 Å². The molecule has 2 aromatic carbocycles. The second kappa shape index (κ2) is 18.9. The molecule has 0 aliphatic heterocycles. The smallest absolute Gasteiger partial charge is 0.368 e. The molecule has 0 aromatic heterocycles. The number of quaternary nitrogens is 1. The number of carbonyl (C=O) groups excluding carboxylic acids is 1. The summed E-state index contributed by atoms with van der Waals surface area (Å²) in [6, 6.07) is 18.4. The highest BCUT2D eigenvalue weighted by Gasteiger charge is 2.36. The number of nitrogens with zero attached hydrogens (tertiary/aromatic N) is 1. The fourth-order valence-electron chi connectivity index (χ4n) is 5.44. The number of likely N-dealkylation sites (N-methyl/N-ethyl adjacent to an activating group) is 1. The van der Waals surface area contributed by atoms with Crippen LogP contribution in [0.4, 0.5) is 0 Å². The molecule has 0 N–H and O–H groups in total. The highest BCUT2D eigenvalue weighted by Crippen LogP contribution is 2.22. The van der Waals surface area contributed by atoms with E-state index in [-0.39, 0.29) is 12.0 Å². The normalized spacial score (nSPS) is 13.2. The van der Waals surface area contributed by atoms with Gasteiger partial charge in [0, 0.05) is 18.4 Å². The van der Waals surface area contributed by atoms with Gasteiger partial charge in [-0.25, -0.2) is 4.79 Å². The van der Waals surface area contributed by atoms with Crippen LogP contribution in [-0.4, -0.2) is 36.9 Å². The molecule has 0 aliphatic rings. The summed E-state index contributed by atoms with van der Waals surface area (Å²) in [5, 5.41) is 0. The topological polar surface area (TPSA) is 35.5 Å². The van der Waals surface area contributed by atoms with Gasteiger partial charge >= 0.3 is 5.97 Å². The summed E-state index contributed by atoms with van der Waals surface area (Å²) in [7, 11) is 4.21. The van der Waals surface area contributed by atoms with Crippen molar-refractivity contribution in [2.24, 2.45) is 0 Å². The van der Waals surface area contributed by atoms with Crippen molar-refractivity contribution < 1.29 is 18.8 Å². The molecule has 0 radical (unpaired) electrons. The van der Waals surface area contributed by atoms with E-state index in [0.717, 1.165) is 25.1 Å². The number of aryl methyl sites for hydroxylation is 1. The van der Waals surface area contributed by atoms with Gasteiger partial charge in [-0.1, -0.05) is 121 Å². The standard InChI is InChI=1S/C35H56NO3/c1-6-9-10-11-12-13-14-15-16-18-23-30-26-21-27-32(28-30)38-34(22-7-2)39-35(37)33(8-3)36(4,5)29-31-24-19-17-20-25-31/h17,19-21,24-28,33-34H,6-16,18,22-23,29H2,1-5H3/q+1. The van der Waals surface area contributed by atoms with Crippen LogP contribution in [0.1, 0.15) is 115 Å². The Kier molecular flexibility index (Phi) is 15.9. The van der Waals surface area contributed by atoms with Gasteiger partial charge in [0.25, 0.3) is 0 Å². The van der Waals surface area contributed by atoms with Crippen LogP contribution in [0, 0.1) is 0 Å². The molecule has 4 nitrogen and oxygen atoms in total. The zero-order valence-corrected chi connectivity index (χ0v) is 25.6.